The third-order valence-electron chi connectivity index (χ3n) is 2.77. The van der Waals surface area contributed by atoms with Crippen molar-refractivity contribution in [2.24, 2.45) is 5.92 Å². The molecule has 7 nitrogen and oxygen atoms in total. The van der Waals surface area contributed by atoms with Crippen LogP contribution >= 0.6 is 0 Å². The van der Waals surface area contributed by atoms with Crippen LogP contribution < -0.4 is 5.32 Å². The number of carboxylic acid groups (broad SMARTS) is 1. The van der Waals surface area contributed by atoms with Crippen molar-refractivity contribution in [3.8, 4) is 0 Å². The lowest BCUT2D eigenvalue weighted by molar-refractivity contribution is -0.155. The maximum atomic E-state index is 11.7. The second-order valence-electron chi connectivity index (χ2n) is 7.89. The van der Waals surface area contributed by atoms with E-state index in [0.29, 0.717) is 0 Å². The Labute approximate surface area is 149 Å². The number of rotatable bonds is 7. The Balaban J connectivity index is 4.55. The number of esters is 1. The summed E-state index contributed by atoms with van der Waals surface area (Å²) in [4.78, 5) is 34.6. The molecule has 0 fully saturated rings. The Morgan fingerprint density at radius 3 is 1.96 bits per heavy atom. The number of hydrogen-bond donors (Lipinski definition) is 2. The summed E-state index contributed by atoms with van der Waals surface area (Å²) in [5.74, 6) is -2.31. The van der Waals surface area contributed by atoms with E-state index >= 15 is 0 Å². The number of carbonyl (C=O) groups excluding carboxylic acids is 2. The number of aliphatic carboxylic acids is 1. The summed E-state index contributed by atoms with van der Waals surface area (Å²) in [5, 5.41) is 11.8. The van der Waals surface area contributed by atoms with Crippen LogP contribution in [-0.2, 0) is 19.1 Å². The zero-order chi connectivity index (χ0) is 19.8. The van der Waals surface area contributed by atoms with E-state index in [1.807, 2.05) is 0 Å². The van der Waals surface area contributed by atoms with E-state index in [-0.39, 0.29) is 12.8 Å². The Bertz CT molecular complexity index is 499. The molecule has 2 atom stereocenters. The highest BCUT2D eigenvalue weighted by Crippen LogP contribution is 2.14. The van der Waals surface area contributed by atoms with Crippen molar-refractivity contribution in [2.75, 3.05) is 0 Å². The number of carboxylic acids is 1. The molecule has 0 aromatic rings. The SMILES string of the molecule is CC(C=C[C@@H](CCC(=O)OC(C)(C)C)C(=O)O)NC(=O)OC(C)(C)C. The van der Waals surface area contributed by atoms with E-state index in [4.69, 9.17) is 9.47 Å². The maximum absolute atomic E-state index is 11.7. The Kier molecular flexibility index (Phi) is 8.66. The number of hydrogen-bond acceptors (Lipinski definition) is 5. The monoisotopic (exact) mass is 357 g/mol. The van der Waals surface area contributed by atoms with Gasteiger partial charge >= 0.3 is 18.0 Å². The summed E-state index contributed by atoms with van der Waals surface area (Å²) in [6.07, 6.45) is 2.59. The highest BCUT2D eigenvalue weighted by atomic mass is 16.6. The molecule has 0 saturated carbocycles. The van der Waals surface area contributed by atoms with E-state index in [2.05, 4.69) is 5.32 Å². The largest absolute Gasteiger partial charge is 0.481 e. The van der Waals surface area contributed by atoms with Gasteiger partial charge < -0.3 is 19.9 Å². The normalized spacial score (nSPS) is 14.7. The van der Waals surface area contributed by atoms with Gasteiger partial charge in [0.05, 0.1) is 5.92 Å². The number of amides is 1. The summed E-state index contributed by atoms with van der Waals surface area (Å²) in [5.41, 5.74) is -1.21. The minimum Gasteiger partial charge on any atom is -0.481 e. The summed E-state index contributed by atoms with van der Waals surface area (Å²) in [7, 11) is 0. The maximum Gasteiger partial charge on any atom is 0.408 e. The molecule has 0 aromatic carbocycles. The lowest BCUT2D eigenvalue weighted by atomic mass is 10.0. The Morgan fingerprint density at radius 1 is 1.00 bits per heavy atom. The molecule has 0 aliphatic rings. The first-order valence-electron chi connectivity index (χ1n) is 8.32. The van der Waals surface area contributed by atoms with Crippen LogP contribution in [0.2, 0.25) is 0 Å². The molecule has 7 heteroatoms. The summed E-state index contributed by atoms with van der Waals surface area (Å²) in [6, 6.07) is -0.404. The fraction of sp³-hybridized carbons (Fsp3) is 0.722. The topological polar surface area (TPSA) is 102 Å². The first-order valence-corrected chi connectivity index (χ1v) is 8.32. The van der Waals surface area contributed by atoms with Crippen LogP contribution in [0.3, 0.4) is 0 Å². The van der Waals surface area contributed by atoms with Crippen LogP contribution in [0, 0.1) is 5.92 Å². The molecule has 25 heavy (non-hydrogen) atoms. The Hall–Kier alpha value is -2.05. The smallest absolute Gasteiger partial charge is 0.408 e. The van der Waals surface area contributed by atoms with Gasteiger partial charge in [-0.25, -0.2) is 4.79 Å². The summed E-state index contributed by atoms with van der Waals surface area (Å²) >= 11 is 0. The van der Waals surface area contributed by atoms with Gasteiger partial charge in [-0.05, 0) is 54.9 Å². The van der Waals surface area contributed by atoms with Crippen molar-refractivity contribution in [3.05, 3.63) is 12.2 Å². The third kappa shape index (κ3) is 13.0. The highest BCUT2D eigenvalue weighted by molar-refractivity contribution is 5.74. The number of nitrogens with one attached hydrogen (secondary N) is 1. The van der Waals surface area contributed by atoms with Gasteiger partial charge in [-0.1, -0.05) is 12.2 Å². The van der Waals surface area contributed by atoms with E-state index < -0.39 is 41.2 Å². The quantitative estimate of drug-likeness (QED) is 0.535. The molecule has 0 heterocycles. The molecule has 0 bridgehead atoms. The van der Waals surface area contributed by atoms with Crippen LogP contribution in [0.1, 0.15) is 61.3 Å². The molecule has 0 saturated heterocycles. The summed E-state index contributed by atoms with van der Waals surface area (Å²) in [6.45, 7) is 12.2. The molecule has 0 rings (SSSR count). The highest BCUT2D eigenvalue weighted by Gasteiger charge is 2.21. The first kappa shape index (κ1) is 22.9. The first-order chi connectivity index (χ1) is 11.2. The van der Waals surface area contributed by atoms with Crippen LogP contribution in [0.15, 0.2) is 12.2 Å². The van der Waals surface area contributed by atoms with E-state index in [9.17, 15) is 19.5 Å². The lowest BCUT2D eigenvalue weighted by Crippen LogP contribution is -2.36. The predicted molar refractivity (Wildman–Crippen MR) is 94.2 cm³/mol. The van der Waals surface area contributed by atoms with E-state index in [1.54, 1.807) is 54.5 Å². The van der Waals surface area contributed by atoms with Crippen molar-refractivity contribution < 1.29 is 29.0 Å². The van der Waals surface area contributed by atoms with Crippen LogP contribution in [-0.4, -0.2) is 40.4 Å². The molecular weight excluding hydrogens is 326 g/mol. The van der Waals surface area contributed by atoms with Crippen molar-refractivity contribution in [1.29, 1.82) is 0 Å². The molecule has 0 aromatic heterocycles. The van der Waals surface area contributed by atoms with E-state index in [1.165, 1.54) is 6.08 Å². The van der Waals surface area contributed by atoms with Crippen LogP contribution in [0.5, 0.6) is 0 Å². The fourth-order valence-corrected chi connectivity index (χ4v) is 1.81. The third-order valence-corrected chi connectivity index (χ3v) is 2.77. The average Bonchev–Trinajstić information content (AvgIpc) is 2.33. The number of ether oxygens (including phenoxy) is 2. The van der Waals surface area contributed by atoms with Gasteiger partial charge in [-0.15, -0.1) is 0 Å². The minimum absolute atomic E-state index is 0.00640. The Morgan fingerprint density at radius 2 is 1.52 bits per heavy atom. The molecule has 0 radical (unpaired) electrons. The van der Waals surface area contributed by atoms with Gasteiger partial charge in [-0.2, -0.15) is 0 Å². The fourth-order valence-electron chi connectivity index (χ4n) is 1.81. The molecule has 2 N–H and O–H groups in total. The number of carbonyl (C=O) groups is 3. The van der Waals surface area contributed by atoms with E-state index in [0.717, 1.165) is 0 Å². The lowest BCUT2D eigenvalue weighted by Gasteiger charge is -2.21. The van der Waals surface area contributed by atoms with Gasteiger partial charge in [-0.3, -0.25) is 9.59 Å². The molecule has 0 spiro atoms. The predicted octanol–water partition coefficient (Wildman–Crippen LogP) is 3.28. The summed E-state index contributed by atoms with van der Waals surface area (Å²) < 4.78 is 10.3. The minimum atomic E-state index is -1.04. The van der Waals surface area contributed by atoms with Gasteiger partial charge in [0.1, 0.15) is 11.2 Å². The zero-order valence-corrected chi connectivity index (χ0v) is 16.2. The van der Waals surface area contributed by atoms with Gasteiger partial charge in [0, 0.05) is 12.5 Å². The molecule has 1 amide bonds. The molecular formula is C18H31NO6. The number of alkyl carbamates (subject to hydrolysis) is 1. The van der Waals surface area contributed by atoms with Gasteiger partial charge in [0.2, 0.25) is 0 Å². The second kappa shape index (κ2) is 9.44. The van der Waals surface area contributed by atoms with Crippen molar-refractivity contribution in [3.63, 3.8) is 0 Å². The van der Waals surface area contributed by atoms with Crippen LogP contribution in [0.25, 0.3) is 0 Å². The molecule has 1 unspecified atom stereocenters. The van der Waals surface area contributed by atoms with Crippen molar-refractivity contribution in [2.45, 2.75) is 78.6 Å². The zero-order valence-electron chi connectivity index (χ0n) is 16.2. The van der Waals surface area contributed by atoms with Crippen molar-refractivity contribution >= 4 is 18.0 Å². The molecule has 0 aliphatic heterocycles. The van der Waals surface area contributed by atoms with Gasteiger partial charge in [0.25, 0.3) is 0 Å². The second-order valence-corrected chi connectivity index (χ2v) is 7.89. The molecule has 0 aliphatic carbocycles. The standard InChI is InChI=1S/C18H31NO6/c1-12(19-16(23)25-18(5,6)7)8-9-13(15(21)22)10-11-14(20)24-17(2,3)4/h8-9,12-13H,10-11H2,1-7H3,(H,19,23)(H,21,22)/t12?,13-/m0/s1. The average molecular weight is 357 g/mol. The van der Waals surface area contributed by atoms with Crippen LogP contribution in [0.4, 0.5) is 4.79 Å². The van der Waals surface area contributed by atoms with Crippen molar-refractivity contribution in [1.82, 2.24) is 5.32 Å². The molecule has 144 valence electrons. The van der Waals surface area contributed by atoms with Gasteiger partial charge in [0.15, 0.2) is 0 Å².